The van der Waals surface area contributed by atoms with Gasteiger partial charge in [-0.15, -0.1) is 0 Å². The molecule has 4 nitrogen and oxygen atoms in total. The van der Waals surface area contributed by atoms with Crippen LogP contribution in [0.5, 0.6) is 5.75 Å². The number of aliphatic carboxylic acids is 1. The Hall–Kier alpha value is -2.43. The molecule has 0 aliphatic heterocycles. The molecule has 3 rings (SSSR count). The van der Waals surface area contributed by atoms with Crippen LogP contribution in [0.25, 0.3) is 11.1 Å². The third-order valence-electron chi connectivity index (χ3n) is 3.79. The Bertz CT molecular complexity index is 715. The number of carboxylic acid groups (broad SMARTS) is 1. The van der Waals surface area contributed by atoms with Gasteiger partial charge < -0.3 is 9.84 Å². The summed E-state index contributed by atoms with van der Waals surface area (Å²) >= 11 is 0. The van der Waals surface area contributed by atoms with E-state index in [1.165, 1.54) is 19.2 Å². The molecule has 1 aromatic carbocycles. The molecule has 1 aliphatic rings. The Morgan fingerprint density at radius 1 is 1.38 bits per heavy atom. The first-order valence-electron chi connectivity index (χ1n) is 6.63. The quantitative estimate of drug-likeness (QED) is 0.943. The summed E-state index contributed by atoms with van der Waals surface area (Å²) < 4.78 is 18.4. The first-order chi connectivity index (χ1) is 10.1. The number of rotatable bonds is 3. The molecule has 0 saturated carbocycles. The zero-order valence-electron chi connectivity index (χ0n) is 11.5. The highest BCUT2D eigenvalue weighted by atomic mass is 19.1. The maximum Gasteiger partial charge on any atom is 0.307 e. The third-order valence-corrected chi connectivity index (χ3v) is 3.79. The molecular formula is C16H14FNO3. The van der Waals surface area contributed by atoms with Crippen LogP contribution in [0.2, 0.25) is 0 Å². The number of benzene rings is 1. The second-order valence-corrected chi connectivity index (χ2v) is 5.12. The van der Waals surface area contributed by atoms with Gasteiger partial charge in [0, 0.05) is 35.5 Å². The van der Waals surface area contributed by atoms with Gasteiger partial charge in [0.1, 0.15) is 11.6 Å². The number of ether oxygens (including phenoxy) is 1. The number of nitrogens with zero attached hydrogens (tertiary/aromatic N) is 1. The van der Waals surface area contributed by atoms with Crippen molar-refractivity contribution in [3.63, 3.8) is 0 Å². The maximum atomic E-state index is 13.2. The van der Waals surface area contributed by atoms with Crippen LogP contribution in [0.4, 0.5) is 4.39 Å². The maximum absolute atomic E-state index is 13.2. The number of hydrogen-bond acceptors (Lipinski definition) is 3. The number of aromatic nitrogens is 1. The minimum absolute atomic E-state index is 0.365. The lowest BCUT2D eigenvalue weighted by Gasteiger charge is -2.09. The average molecular weight is 287 g/mol. The Kier molecular flexibility index (Phi) is 3.33. The number of methoxy groups -OCH3 is 1. The van der Waals surface area contributed by atoms with Crippen molar-refractivity contribution in [1.29, 1.82) is 0 Å². The highest BCUT2D eigenvalue weighted by molar-refractivity contribution is 5.74. The van der Waals surface area contributed by atoms with Crippen molar-refractivity contribution >= 4 is 5.97 Å². The topological polar surface area (TPSA) is 59.4 Å². The fourth-order valence-corrected chi connectivity index (χ4v) is 2.70. The zero-order valence-corrected chi connectivity index (χ0v) is 11.5. The van der Waals surface area contributed by atoms with Crippen molar-refractivity contribution in [3.8, 4) is 16.9 Å². The Morgan fingerprint density at radius 3 is 2.90 bits per heavy atom. The van der Waals surface area contributed by atoms with Crippen molar-refractivity contribution in [1.82, 2.24) is 4.98 Å². The fourth-order valence-electron chi connectivity index (χ4n) is 2.70. The minimum Gasteiger partial charge on any atom is -0.496 e. The van der Waals surface area contributed by atoms with Crippen molar-refractivity contribution in [2.45, 2.75) is 12.8 Å². The second kappa shape index (κ2) is 5.16. The number of pyridine rings is 1. The number of carboxylic acids is 1. The van der Waals surface area contributed by atoms with Gasteiger partial charge in [-0.2, -0.15) is 0 Å². The average Bonchev–Trinajstić information content (AvgIpc) is 2.90. The van der Waals surface area contributed by atoms with Gasteiger partial charge in [-0.3, -0.25) is 9.78 Å². The van der Waals surface area contributed by atoms with Crippen LogP contribution >= 0.6 is 0 Å². The molecule has 0 radical (unpaired) electrons. The van der Waals surface area contributed by atoms with Gasteiger partial charge in [-0.1, -0.05) is 0 Å². The largest absolute Gasteiger partial charge is 0.496 e. The molecule has 0 spiro atoms. The van der Waals surface area contributed by atoms with E-state index < -0.39 is 11.9 Å². The van der Waals surface area contributed by atoms with Crippen LogP contribution in [-0.2, 0) is 17.6 Å². The zero-order chi connectivity index (χ0) is 15.0. The third kappa shape index (κ3) is 2.46. The molecule has 21 heavy (non-hydrogen) atoms. The Morgan fingerprint density at radius 2 is 2.19 bits per heavy atom. The van der Waals surface area contributed by atoms with Crippen LogP contribution in [-0.4, -0.2) is 23.2 Å². The Labute approximate surface area is 121 Å². The van der Waals surface area contributed by atoms with Crippen LogP contribution < -0.4 is 4.74 Å². The van der Waals surface area contributed by atoms with E-state index in [2.05, 4.69) is 4.98 Å². The van der Waals surface area contributed by atoms with E-state index in [1.54, 1.807) is 12.3 Å². The van der Waals surface area contributed by atoms with Crippen LogP contribution in [0.3, 0.4) is 0 Å². The van der Waals surface area contributed by atoms with Gasteiger partial charge in [0.25, 0.3) is 0 Å². The van der Waals surface area contributed by atoms with Crippen molar-refractivity contribution < 1.29 is 19.0 Å². The number of hydrogen-bond donors (Lipinski definition) is 1. The highest BCUT2D eigenvalue weighted by Gasteiger charge is 2.28. The summed E-state index contributed by atoms with van der Waals surface area (Å²) in [5.41, 5.74) is 3.31. The monoisotopic (exact) mass is 287 g/mol. The van der Waals surface area contributed by atoms with Crippen LogP contribution in [0.1, 0.15) is 11.3 Å². The Balaban J connectivity index is 2.00. The molecular weight excluding hydrogens is 273 g/mol. The van der Waals surface area contributed by atoms with Crippen LogP contribution in [0.15, 0.2) is 30.5 Å². The molecule has 0 fully saturated rings. The van der Waals surface area contributed by atoms with Crippen molar-refractivity contribution in [2.75, 3.05) is 7.11 Å². The second-order valence-electron chi connectivity index (χ2n) is 5.12. The van der Waals surface area contributed by atoms with E-state index >= 15 is 0 Å². The molecule has 0 amide bonds. The van der Waals surface area contributed by atoms with E-state index in [4.69, 9.17) is 9.84 Å². The van der Waals surface area contributed by atoms with Crippen molar-refractivity contribution in [3.05, 3.63) is 47.5 Å². The first-order valence-corrected chi connectivity index (χ1v) is 6.63. The lowest BCUT2D eigenvalue weighted by molar-refractivity contribution is -0.141. The van der Waals surface area contributed by atoms with Gasteiger partial charge in [-0.25, -0.2) is 4.39 Å². The summed E-state index contributed by atoms with van der Waals surface area (Å²) in [6, 6.07) is 6.25. The molecule has 108 valence electrons. The first kappa shape index (κ1) is 13.5. The number of fused-ring (bicyclic) bond motifs is 1. The van der Waals surface area contributed by atoms with Crippen molar-refractivity contribution in [2.24, 2.45) is 5.92 Å². The number of halogens is 1. The molecule has 1 N–H and O–H groups in total. The SMILES string of the molecule is COc1cc(F)ccc1-c1cnc2c(c1)CC(C(=O)O)C2. The number of carbonyl (C=O) groups is 1. The molecule has 1 unspecified atom stereocenters. The summed E-state index contributed by atoms with van der Waals surface area (Å²) in [6.07, 6.45) is 2.62. The lowest BCUT2D eigenvalue weighted by atomic mass is 10.0. The summed E-state index contributed by atoms with van der Waals surface area (Å²) in [4.78, 5) is 15.4. The predicted octanol–water partition coefficient (Wildman–Crippen LogP) is 2.70. The molecule has 1 aromatic heterocycles. The summed E-state index contributed by atoms with van der Waals surface area (Å²) in [6.45, 7) is 0. The van der Waals surface area contributed by atoms with E-state index in [0.717, 1.165) is 22.4 Å². The molecule has 5 heteroatoms. The molecule has 2 aromatic rings. The highest BCUT2D eigenvalue weighted by Crippen LogP contribution is 2.34. The lowest BCUT2D eigenvalue weighted by Crippen LogP contribution is -2.13. The molecule has 1 heterocycles. The normalized spacial score (nSPS) is 16.6. The molecule has 0 saturated heterocycles. The summed E-state index contributed by atoms with van der Waals surface area (Å²) in [5, 5.41) is 9.09. The van der Waals surface area contributed by atoms with Gasteiger partial charge in [0.2, 0.25) is 0 Å². The molecule has 0 bridgehead atoms. The van der Waals surface area contributed by atoms with Gasteiger partial charge in [0.15, 0.2) is 0 Å². The fraction of sp³-hybridized carbons (Fsp3) is 0.250. The van der Waals surface area contributed by atoms with E-state index in [9.17, 15) is 9.18 Å². The standard InChI is InChI=1S/C16H14FNO3/c1-21-15-7-12(17)2-3-13(15)11-5-9-4-10(16(19)20)6-14(9)18-8-11/h2-3,5,7-8,10H,4,6H2,1H3,(H,19,20). The summed E-state index contributed by atoms with van der Waals surface area (Å²) in [7, 11) is 1.49. The van der Waals surface area contributed by atoms with Crippen LogP contribution in [0, 0.1) is 11.7 Å². The van der Waals surface area contributed by atoms with E-state index in [1.807, 2.05) is 6.07 Å². The van der Waals surface area contributed by atoms with Gasteiger partial charge >= 0.3 is 5.97 Å². The van der Waals surface area contributed by atoms with E-state index in [-0.39, 0.29) is 5.82 Å². The van der Waals surface area contributed by atoms with Gasteiger partial charge in [-0.05, 0) is 30.2 Å². The molecule has 1 aliphatic carbocycles. The predicted molar refractivity (Wildman–Crippen MR) is 74.7 cm³/mol. The minimum atomic E-state index is -0.797. The molecule has 1 atom stereocenters. The van der Waals surface area contributed by atoms with Gasteiger partial charge in [0.05, 0.1) is 13.0 Å². The summed E-state index contributed by atoms with van der Waals surface area (Å²) in [5.74, 6) is -1.13. The smallest absolute Gasteiger partial charge is 0.307 e. The van der Waals surface area contributed by atoms with E-state index in [0.29, 0.717) is 18.6 Å².